The van der Waals surface area contributed by atoms with Crippen LogP contribution in [-0.4, -0.2) is 15.9 Å². The Morgan fingerprint density at radius 3 is 2.17 bits per heavy atom. The summed E-state index contributed by atoms with van der Waals surface area (Å²) < 4.78 is 26.5. The topological polar surface area (TPSA) is 54.9 Å². The van der Waals surface area contributed by atoms with Gasteiger partial charge in [-0.25, -0.2) is 18.7 Å². The van der Waals surface area contributed by atoms with E-state index in [-0.39, 0.29) is 6.42 Å². The molecule has 0 aliphatic carbocycles. The Balaban J connectivity index is 1.65. The van der Waals surface area contributed by atoms with Gasteiger partial charge in [-0.15, -0.1) is 0 Å². The number of carbonyl (C=O) groups excluding carboxylic acids is 1. The van der Waals surface area contributed by atoms with Gasteiger partial charge < -0.3 is 5.32 Å². The number of halogens is 2. The molecule has 0 saturated carbocycles. The van der Waals surface area contributed by atoms with E-state index in [0.717, 1.165) is 23.3 Å². The summed E-state index contributed by atoms with van der Waals surface area (Å²) in [6.07, 6.45) is 1.47. The first-order valence-electron chi connectivity index (χ1n) is 9.32. The third kappa shape index (κ3) is 4.38. The van der Waals surface area contributed by atoms with Crippen LogP contribution in [0.1, 0.15) is 5.56 Å². The van der Waals surface area contributed by atoms with E-state index >= 15 is 0 Å². The van der Waals surface area contributed by atoms with Gasteiger partial charge in [-0.2, -0.15) is 0 Å². The van der Waals surface area contributed by atoms with Gasteiger partial charge in [-0.05, 0) is 17.7 Å². The van der Waals surface area contributed by atoms with Crippen LogP contribution in [0.5, 0.6) is 0 Å². The van der Waals surface area contributed by atoms with Crippen LogP contribution in [-0.2, 0) is 11.2 Å². The molecule has 1 aromatic heterocycles. The summed E-state index contributed by atoms with van der Waals surface area (Å²) in [5.74, 6) is -2.04. The van der Waals surface area contributed by atoms with E-state index in [1.165, 1.54) is 6.07 Å². The van der Waals surface area contributed by atoms with Crippen molar-refractivity contribution in [2.24, 2.45) is 0 Å². The molecule has 6 heteroatoms. The first-order chi connectivity index (χ1) is 14.6. The highest BCUT2D eigenvalue weighted by Gasteiger charge is 2.15. The Labute approximate surface area is 172 Å². The fraction of sp³-hybridized carbons (Fsp3) is 0.0417. The Morgan fingerprint density at radius 2 is 1.50 bits per heavy atom. The summed E-state index contributed by atoms with van der Waals surface area (Å²) in [6, 6.07) is 22.4. The van der Waals surface area contributed by atoms with Crippen LogP contribution in [0.25, 0.3) is 22.5 Å². The van der Waals surface area contributed by atoms with Crippen LogP contribution in [0.4, 0.5) is 14.6 Å². The predicted octanol–water partition coefficient (Wildman–Crippen LogP) is 5.27. The molecule has 1 heterocycles. The lowest BCUT2D eigenvalue weighted by molar-refractivity contribution is -0.115. The monoisotopic (exact) mass is 401 g/mol. The highest BCUT2D eigenvalue weighted by Crippen LogP contribution is 2.27. The molecule has 0 fully saturated rings. The first-order valence-corrected chi connectivity index (χ1v) is 9.32. The van der Waals surface area contributed by atoms with E-state index in [9.17, 15) is 13.6 Å². The normalized spacial score (nSPS) is 10.6. The van der Waals surface area contributed by atoms with Gasteiger partial charge >= 0.3 is 0 Å². The Kier molecular flexibility index (Phi) is 5.57. The maximum Gasteiger partial charge on any atom is 0.230 e. The van der Waals surface area contributed by atoms with Crippen molar-refractivity contribution in [2.75, 3.05) is 5.32 Å². The van der Waals surface area contributed by atoms with Gasteiger partial charge in [-0.3, -0.25) is 4.79 Å². The van der Waals surface area contributed by atoms with Crippen LogP contribution in [0.2, 0.25) is 0 Å². The Morgan fingerprint density at radius 1 is 0.833 bits per heavy atom. The zero-order valence-electron chi connectivity index (χ0n) is 15.8. The molecule has 4 nitrogen and oxygen atoms in total. The molecular formula is C24H17F2N3O. The summed E-state index contributed by atoms with van der Waals surface area (Å²) in [4.78, 5) is 21.6. The van der Waals surface area contributed by atoms with E-state index in [4.69, 9.17) is 4.98 Å². The summed E-state index contributed by atoms with van der Waals surface area (Å²) in [5, 5.41) is 2.74. The van der Waals surface area contributed by atoms with Crippen molar-refractivity contribution in [3.05, 3.63) is 102 Å². The lowest BCUT2D eigenvalue weighted by Gasteiger charge is -2.12. The van der Waals surface area contributed by atoms with Gasteiger partial charge in [0.2, 0.25) is 5.91 Å². The summed E-state index contributed by atoms with van der Waals surface area (Å²) in [6.45, 7) is 0. The van der Waals surface area contributed by atoms with Crippen molar-refractivity contribution in [3.8, 4) is 22.5 Å². The lowest BCUT2D eigenvalue weighted by atomic mass is 10.1. The number of benzene rings is 3. The molecule has 0 unspecified atom stereocenters. The molecule has 30 heavy (non-hydrogen) atoms. The molecule has 1 N–H and O–H groups in total. The average Bonchev–Trinajstić information content (AvgIpc) is 2.78. The second-order valence-electron chi connectivity index (χ2n) is 6.66. The number of aromatic nitrogens is 2. The molecule has 0 aliphatic rings. The lowest BCUT2D eigenvalue weighted by Crippen LogP contribution is -2.17. The molecule has 1 amide bonds. The van der Waals surface area contributed by atoms with Gasteiger partial charge in [0, 0.05) is 11.1 Å². The van der Waals surface area contributed by atoms with Crippen molar-refractivity contribution >= 4 is 11.7 Å². The number of rotatable bonds is 5. The van der Waals surface area contributed by atoms with E-state index in [1.807, 2.05) is 60.7 Å². The second kappa shape index (κ2) is 8.61. The van der Waals surface area contributed by atoms with Gasteiger partial charge in [0.05, 0.1) is 18.3 Å². The minimum absolute atomic E-state index is 0.118. The van der Waals surface area contributed by atoms with Crippen LogP contribution in [0.3, 0.4) is 0 Å². The van der Waals surface area contributed by atoms with Crippen LogP contribution in [0.15, 0.2) is 85.1 Å². The molecule has 0 atom stereocenters. The molecule has 0 bridgehead atoms. The third-order valence-electron chi connectivity index (χ3n) is 4.50. The van der Waals surface area contributed by atoms with Crippen molar-refractivity contribution in [2.45, 2.75) is 6.42 Å². The molecule has 4 aromatic rings. The maximum absolute atomic E-state index is 13.4. The van der Waals surface area contributed by atoms with Gasteiger partial charge in [0.25, 0.3) is 0 Å². The maximum atomic E-state index is 13.4. The summed E-state index contributed by atoms with van der Waals surface area (Å²) in [7, 11) is 0. The molecule has 4 rings (SSSR count). The molecular weight excluding hydrogens is 384 g/mol. The SMILES string of the molecule is O=C(Cc1ccc(F)c(F)c1)Nc1ncc(-c2ccccc2)nc1-c1ccccc1. The predicted molar refractivity (Wildman–Crippen MR) is 112 cm³/mol. The zero-order valence-corrected chi connectivity index (χ0v) is 15.8. The van der Waals surface area contributed by atoms with Gasteiger partial charge in [-0.1, -0.05) is 66.7 Å². The minimum Gasteiger partial charge on any atom is -0.309 e. The van der Waals surface area contributed by atoms with Gasteiger partial charge in [0.1, 0.15) is 5.69 Å². The number of hydrogen-bond donors (Lipinski definition) is 1. The number of nitrogens with one attached hydrogen (secondary N) is 1. The number of hydrogen-bond acceptors (Lipinski definition) is 3. The number of anilines is 1. The van der Waals surface area contributed by atoms with Crippen molar-refractivity contribution in [1.82, 2.24) is 9.97 Å². The fourth-order valence-electron chi connectivity index (χ4n) is 3.04. The Bertz CT molecular complexity index is 1180. The van der Waals surface area contributed by atoms with E-state index < -0.39 is 17.5 Å². The number of nitrogens with zero attached hydrogens (tertiary/aromatic N) is 2. The third-order valence-corrected chi connectivity index (χ3v) is 4.50. The fourth-order valence-corrected chi connectivity index (χ4v) is 3.04. The summed E-state index contributed by atoms with van der Waals surface area (Å²) in [5.41, 5.74) is 3.26. The zero-order chi connectivity index (χ0) is 20.9. The van der Waals surface area contributed by atoms with Crippen LogP contribution in [0, 0.1) is 11.6 Å². The molecule has 0 saturated heterocycles. The van der Waals surface area contributed by atoms with Crippen molar-refractivity contribution in [3.63, 3.8) is 0 Å². The van der Waals surface area contributed by atoms with Gasteiger partial charge in [0.15, 0.2) is 17.5 Å². The average molecular weight is 401 g/mol. The van der Waals surface area contributed by atoms with E-state index in [0.29, 0.717) is 22.8 Å². The Hall–Kier alpha value is -3.93. The second-order valence-corrected chi connectivity index (χ2v) is 6.66. The smallest absolute Gasteiger partial charge is 0.230 e. The standard InChI is InChI=1S/C24H17F2N3O/c25-19-12-11-16(13-20(19)26)14-22(30)29-24-23(18-9-5-2-6-10-18)28-21(15-27-24)17-7-3-1-4-8-17/h1-13,15H,14H2,(H,27,29,30). The molecule has 0 spiro atoms. The molecule has 0 radical (unpaired) electrons. The first kappa shape index (κ1) is 19.4. The van der Waals surface area contributed by atoms with Crippen molar-refractivity contribution < 1.29 is 13.6 Å². The molecule has 3 aromatic carbocycles. The molecule has 0 aliphatic heterocycles. The summed E-state index contributed by atoms with van der Waals surface area (Å²) >= 11 is 0. The van der Waals surface area contributed by atoms with Crippen LogP contribution < -0.4 is 5.32 Å². The molecule has 148 valence electrons. The van der Waals surface area contributed by atoms with E-state index in [1.54, 1.807) is 6.20 Å². The highest BCUT2D eigenvalue weighted by atomic mass is 19.2. The minimum atomic E-state index is -0.989. The quantitative estimate of drug-likeness (QED) is 0.496. The largest absolute Gasteiger partial charge is 0.309 e. The number of amides is 1. The van der Waals surface area contributed by atoms with E-state index in [2.05, 4.69) is 10.3 Å². The number of carbonyl (C=O) groups is 1. The van der Waals surface area contributed by atoms with Crippen molar-refractivity contribution in [1.29, 1.82) is 0 Å². The highest BCUT2D eigenvalue weighted by molar-refractivity contribution is 5.94. The van der Waals surface area contributed by atoms with Crippen LogP contribution >= 0.6 is 0 Å².